The van der Waals surface area contributed by atoms with E-state index in [2.05, 4.69) is 5.32 Å². The van der Waals surface area contributed by atoms with Crippen molar-refractivity contribution < 1.29 is 14.4 Å². The van der Waals surface area contributed by atoms with Crippen LogP contribution in [-0.2, 0) is 14.4 Å². The molecule has 0 aromatic heterocycles. The second kappa shape index (κ2) is 5.24. The van der Waals surface area contributed by atoms with Crippen LogP contribution in [0.15, 0.2) is 30.0 Å². The lowest BCUT2D eigenvalue weighted by molar-refractivity contribution is -0.147. The minimum Gasteiger partial charge on any atom is -0.320 e. The second-order valence-corrected chi connectivity index (χ2v) is 4.45. The molecule has 0 spiro atoms. The number of piperazine rings is 1. The molecular weight excluding hydrogens is 268 g/mol. The molecule has 0 atom stereocenters. The van der Waals surface area contributed by atoms with Crippen molar-refractivity contribution in [1.29, 1.82) is 0 Å². The van der Waals surface area contributed by atoms with Gasteiger partial charge < -0.3 is 5.32 Å². The van der Waals surface area contributed by atoms with Crippen molar-refractivity contribution in [1.82, 2.24) is 10.2 Å². The first-order chi connectivity index (χ1) is 8.99. The molecule has 19 heavy (non-hydrogen) atoms. The fraction of sp³-hybridized carbons (Fsp3) is 0.154. The maximum atomic E-state index is 12.0. The second-order valence-electron chi connectivity index (χ2n) is 4.04. The van der Waals surface area contributed by atoms with Gasteiger partial charge in [0, 0.05) is 11.9 Å². The first-order valence-corrected chi connectivity index (χ1v) is 5.95. The Bertz CT molecular complexity index is 595. The molecule has 98 valence electrons. The van der Waals surface area contributed by atoms with Crippen molar-refractivity contribution in [2.75, 3.05) is 6.54 Å². The molecule has 1 aliphatic rings. The highest BCUT2D eigenvalue weighted by atomic mass is 35.5. The van der Waals surface area contributed by atoms with Gasteiger partial charge in [0.05, 0.1) is 0 Å². The monoisotopic (exact) mass is 278 g/mol. The number of nitrogens with one attached hydrogen (secondary N) is 1. The summed E-state index contributed by atoms with van der Waals surface area (Å²) in [4.78, 5) is 35.7. The van der Waals surface area contributed by atoms with Gasteiger partial charge >= 0.3 is 0 Å². The van der Waals surface area contributed by atoms with Gasteiger partial charge in [-0.2, -0.15) is 0 Å². The van der Waals surface area contributed by atoms with Crippen LogP contribution in [-0.4, -0.2) is 29.2 Å². The quantitative estimate of drug-likeness (QED) is 0.785. The molecule has 1 heterocycles. The Morgan fingerprint density at radius 2 is 2.05 bits per heavy atom. The van der Waals surface area contributed by atoms with Crippen LogP contribution in [0.1, 0.15) is 12.5 Å². The van der Waals surface area contributed by atoms with Gasteiger partial charge in [-0.15, -0.1) is 0 Å². The molecule has 1 aromatic rings. The number of hydrogen-bond acceptors (Lipinski definition) is 3. The summed E-state index contributed by atoms with van der Waals surface area (Å²) in [7, 11) is 0. The summed E-state index contributed by atoms with van der Waals surface area (Å²) in [5.41, 5.74) is 0.637. The van der Waals surface area contributed by atoms with E-state index in [1.54, 1.807) is 24.3 Å². The molecule has 0 saturated carbocycles. The third kappa shape index (κ3) is 2.82. The number of carbonyl (C=O) groups is 3. The first-order valence-electron chi connectivity index (χ1n) is 5.57. The van der Waals surface area contributed by atoms with Gasteiger partial charge in [0.25, 0.3) is 5.91 Å². The van der Waals surface area contributed by atoms with Crippen LogP contribution < -0.4 is 5.32 Å². The van der Waals surface area contributed by atoms with Gasteiger partial charge in [-0.1, -0.05) is 29.8 Å². The van der Waals surface area contributed by atoms with Crippen molar-refractivity contribution in [2.24, 2.45) is 0 Å². The van der Waals surface area contributed by atoms with Crippen molar-refractivity contribution in [3.8, 4) is 0 Å². The number of amides is 3. The van der Waals surface area contributed by atoms with E-state index < -0.39 is 17.7 Å². The van der Waals surface area contributed by atoms with Crippen molar-refractivity contribution in [3.63, 3.8) is 0 Å². The van der Waals surface area contributed by atoms with Crippen molar-refractivity contribution in [2.45, 2.75) is 6.92 Å². The zero-order valence-corrected chi connectivity index (χ0v) is 10.9. The Kier molecular flexibility index (Phi) is 3.66. The molecule has 0 unspecified atom stereocenters. The van der Waals surface area contributed by atoms with Crippen LogP contribution in [0, 0.1) is 0 Å². The van der Waals surface area contributed by atoms with E-state index in [0.717, 1.165) is 4.90 Å². The van der Waals surface area contributed by atoms with Crippen molar-refractivity contribution in [3.05, 3.63) is 40.5 Å². The van der Waals surface area contributed by atoms with Crippen LogP contribution in [0.5, 0.6) is 0 Å². The van der Waals surface area contributed by atoms with E-state index in [4.69, 9.17) is 11.6 Å². The normalized spacial score (nSPS) is 17.6. The summed E-state index contributed by atoms with van der Waals surface area (Å²) in [6.45, 7) is 0.984. The molecule has 0 aliphatic carbocycles. The number of hydrogen-bond donors (Lipinski definition) is 1. The molecule has 0 bridgehead atoms. The number of rotatable bonds is 1. The summed E-state index contributed by atoms with van der Waals surface area (Å²) < 4.78 is 0. The average Bonchev–Trinajstić information content (AvgIpc) is 2.35. The van der Waals surface area contributed by atoms with E-state index in [0.29, 0.717) is 10.6 Å². The third-order valence-electron chi connectivity index (χ3n) is 2.64. The lowest BCUT2D eigenvalue weighted by Crippen LogP contribution is -2.51. The maximum Gasteiger partial charge on any atom is 0.277 e. The Morgan fingerprint density at radius 1 is 1.37 bits per heavy atom. The van der Waals surface area contributed by atoms with Gasteiger partial charge in [-0.3, -0.25) is 19.3 Å². The van der Waals surface area contributed by atoms with Crippen LogP contribution in [0.2, 0.25) is 5.02 Å². The molecule has 1 saturated heterocycles. The zero-order chi connectivity index (χ0) is 14.0. The minimum atomic E-state index is -0.535. The molecule has 1 N–H and O–H groups in total. The highest BCUT2D eigenvalue weighted by molar-refractivity contribution is 6.32. The zero-order valence-electron chi connectivity index (χ0n) is 10.1. The van der Waals surface area contributed by atoms with Gasteiger partial charge in [-0.05, 0) is 17.7 Å². The lowest BCUT2D eigenvalue weighted by Gasteiger charge is -2.25. The van der Waals surface area contributed by atoms with Gasteiger partial charge in [0.1, 0.15) is 12.2 Å². The first kappa shape index (κ1) is 13.3. The topological polar surface area (TPSA) is 66.5 Å². The number of nitrogens with zero attached hydrogens (tertiary/aromatic N) is 1. The summed E-state index contributed by atoms with van der Waals surface area (Å²) in [5, 5.41) is 2.90. The lowest BCUT2D eigenvalue weighted by atomic mass is 10.1. The summed E-state index contributed by atoms with van der Waals surface area (Å²) in [6.07, 6.45) is 1.46. The summed E-state index contributed by atoms with van der Waals surface area (Å²) in [6, 6.07) is 6.90. The fourth-order valence-corrected chi connectivity index (χ4v) is 1.89. The third-order valence-corrected chi connectivity index (χ3v) is 2.98. The minimum absolute atomic E-state index is 0.0413. The molecular formula is C13H11ClN2O3. The number of benzene rings is 1. The number of imide groups is 1. The van der Waals surface area contributed by atoms with Crippen LogP contribution >= 0.6 is 11.6 Å². The van der Waals surface area contributed by atoms with Gasteiger partial charge in [0.2, 0.25) is 11.8 Å². The van der Waals surface area contributed by atoms with E-state index in [-0.39, 0.29) is 12.2 Å². The Hall–Kier alpha value is -2.14. The van der Waals surface area contributed by atoms with Crippen LogP contribution in [0.25, 0.3) is 6.08 Å². The molecule has 6 heteroatoms. The highest BCUT2D eigenvalue weighted by Crippen LogP contribution is 2.19. The maximum absolute atomic E-state index is 12.0. The van der Waals surface area contributed by atoms with E-state index in [9.17, 15) is 14.4 Å². The Labute approximate surface area is 114 Å². The Morgan fingerprint density at radius 3 is 2.68 bits per heavy atom. The fourth-order valence-electron chi connectivity index (χ4n) is 1.70. The largest absolute Gasteiger partial charge is 0.320 e. The van der Waals surface area contributed by atoms with Crippen molar-refractivity contribution >= 4 is 35.4 Å². The molecule has 1 fully saturated rings. The molecule has 1 aliphatic heterocycles. The van der Waals surface area contributed by atoms with Gasteiger partial charge in [-0.25, -0.2) is 0 Å². The predicted octanol–water partition coefficient (Wildman–Crippen LogP) is 1.19. The standard InChI is InChI=1S/C13H11ClN2O3/c1-8(17)16-7-12(18)15-11(13(16)19)6-9-4-2-3-5-10(9)14/h2-6H,7H2,1H3,(H,15,18)/b11-6+. The molecule has 3 amide bonds. The number of carbonyl (C=O) groups excluding carboxylic acids is 3. The van der Waals surface area contributed by atoms with Gasteiger partial charge in [0.15, 0.2) is 0 Å². The highest BCUT2D eigenvalue weighted by Gasteiger charge is 2.30. The van der Waals surface area contributed by atoms with E-state index >= 15 is 0 Å². The SMILES string of the molecule is CC(=O)N1CC(=O)N/C(=C/c2ccccc2Cl)C1=O. The molecule has 0 radical (unpaired) electrons. The predicted molar refractivity (Wildman–Crippen MR) is 70.0 cm³/mol. The summed E-state index contributed by atoms with van der Waals surface area (Å²) >= 11 is 5.98. The average molecular weight is 279 g/mol. The smallest absolute Gasteiger partial charge is 0.277 e. The number of halogens is 1. The van der Waals surface area contributed by atoms with E-state index in [1.165, 1.54) is 13.0 Å². The molecule has 1 aromatic carbocycles. The Balaban J connectivity index is 2.38. The van der Waals surface area contributed by atoms with Crippen LogP contribution in [0.4, 0.5) is 0 Å². The molecule has 2 rings (SSSR count). The summed E-state index contributed by atoms with van der Waals surface area (Å²) in [5.74, 6) is -1.41. The van der Waals surface area contributed by atoms with Crippen LogP contribution in [0.3, 0.4) is 0 Å². The molecule has 5 nitrogen and oxygen atoms in total. The van der Waals surface area contributed by atoms with E-state index in [1.807, 2.05) is 0 Å².